The Labute approximate surface area is 195 Å². The van der Waals surface area contributed by atoms with Gasteiger partial charge >= 0.3 is 0 Å². The zero-order chi connectivity index (χ0) is 22.6. The molecule has 5 nitrogen and oxygen atoms in total. The molecule has 2 aliphatic rings. The topological polar surface area (TPSA) is 45.1 Å². The minimum Gasteiger partial charge on any atom is -0.454 e. The van der Waals surface area contributed by atoms with E-state index in [0.717, 1.165) is 66.6 Å². The van der Waals surface area contributed by atoms with Crippen LogP contribution >= 0.6 is 0 Å². The predicted octanol–water partition coefficient (Wildman–Crippen LogP) is 5.60. The van der Waals surface area contributed by atoms with Crippen molar-refractivity contribution in [3.05, 3.63) is 90.0 Å². The Bertz CT molecular complexity index is 1160. The number of amides is 1. The standard InChI is InChI=1S/C28H29N3O2/c1-2-22(21-11-4-3-5-12-21)28(32)31-18-10-17-30(19-20-31)27-23-13-6-8-15-25(23)33-26-16-9-7-14-24(26)29-27/h3-9,11-16,22H,2,10,17-20H2,1H3. The van der Waals surface area contributed by atoms with Crippen molar-refractivity contribution in [2.24, 2.45) is 4.99 Å². The predicted molar refractivity (Wildman–Crippen MR) is 131 cm³/mol. The smallest absolute Gasteiger partial charge is 0.230 e. The first-order chi connectivity index (χ1) is 16.2. The fourth-order valence-electron chi connectivity index (χ4n) is 4.72. The monoisotopic (exact) mass is 439 g/mol. The van der Waals surface area contributed by atoms with Crippen molar-refractivity contribution in [2.45, 2.75) is 25.7 Å². The van der Waals surface area contributed by atoms with Gasteiger partial charge in [0.15, 0.2) is 5.75 Å². The van der Waals surface area contributed by atoms with Crippen LogP contribution in [0.1, 0.15) is 36.8 Å². The molecule has 2 heterocycles. The Morgan fingerprint density at radius 1 is 0.879 bits per heavy atom. The van der Waals surface area contributed by atoms with Crippen molar-refractivity contribution < 1.29 is 9.53 Å². The van der Waals surface area contributed by atoms with Crippen LogP contribution in [0.25, 0.3) is 0 Å². The number of para-hydroxylation sites is 3. The molecule has 0 bridgehead atoms. The highest BCUT2D eigenvalue weighted by Gasteiger charge is 2.29. The third-order valence-corrected chi connectivity index (χ3v) is 6.45. The van der Waals surface area contributed by atoms with Gasteiger partial charge in [0.1, 0.15) is 17.3 Å². The molecule has 5 rings (SSSR count). The number of carbonyl (C=O) groups is 1. The van der Waals surface area contributed by atoms with Crippen molar-refractivity contribution in [1.29, 1.82) is 0 Å². The number of ether oxygens (including phenoxy) is 1. The second-order valence-corrected chi connectivity index (χ2v) is 8.54. The number of rotatable bonds is 3. The van der Waals surface area contributed by atoms with Crippen LogP contribution in [0.3, 0.4) is 0 Å². The first kappa shape index (κ1) is 21.3. The quantitative estimate of drug-likeness (QED) is 0.534. The summed E-state index contributed by atoms with van der Waals surface area (Å²) in [6, 6.07) is 26.1. The number of aliphatic imine (C=N–C) groups is 1. The van der Waals surface area contributed by atoms with Crippen LogP contribution in [0.4, 0.5) is 5.69 Å². The Balaban J connectivity index is 1.40. The summed E-state index contributed by atoms with van der Waals surface area (Å²) in [5, 5.41) is 0. The average molecular weight is 440 g/mol. The molecule has 0 N–H and O–H groups in total. The van der Waals surface area contributed by atoms with Crippen LogP contribution in [-0.4, -0.2) is 47.7 Å². The minimum atomic E-state index is -0.0889. The van der Waals surface area contributed by atoms with E-state index in [9.17, 15) is 4.79 Å². The van der Waals surface area contributed by atoms with Gasteiger partial charge in [-0.3, -0.25) is 4.79 Å². The van der Waals surface area contributed by atoms with E-state index in [-0.39, 0.29) is 11.8 Å². The molecule has 1 amide bonds. The summed E-state index contributed by atoms with van der Waals surface area (Å²) in [4.78, 5) is 22.8. The molecule has 3 aromatic rings. The van der Waals surface area contributed by atoms with Gasteiger partial charge in [0.05, 0.1) is 11.5 Å². The summed E-state index contributed by atoms with van der Waals surface area (Å²) in [6.07, 6.45) is 1.71. The zero-order valence-corrected chi connectivity index (χ0v) is 19.0. The molecule has 0 saturated carbocycles. The van der Waals surface area contributed by atoms with Gasteiger partial charge in [0, 0.05) is 26.2 Å². The third-order valence-electron chi connectivity index (χ3n) is 6.45. The molecule has 1 unspecified atom stereocenters. The summed E-state index contributed by atoms with van der Waals surface area (Å²) in [5.74, 6) is 2.63. The van der Waals surface area contributed by atoms with Gasteiger partial charge < -0.3 is 14.5 Å². The second-order valence-electron chi connectivity index (χ2n) is 8.54. The molecule has 5 heteroatoms. The van der Waals surface area contributed by atoms with Crippen LogP contribution < -0.4 is 4.74 Å². The van der Waals surface area contributed by atoms with Gasteiger partial charge in [-0.15, -0.1) is 0 Å². The maximum atomic E-state index is 13.4. The second kappa shape index (κ2) is 9.49. The van der Waals surface area contributed by atoms with Gasteiger partial charge in [-0.25, -0.2) is 4.99 Å². The van der Waals surface area contributed by atoms with E-state index >= 15 is 0 Å². The van der Waals surface area contributed by atoms with Crippen LogP contribution in [0.2, 0.25) is 0 Å². The van der Waals surface area contributed by atoms with Crippen molar-refractivity contribution in [1.82, 2.24) is 9.80 Å². The number of benzene rings is 3. The van der Waals surface area contributed by atoms with E-state index in [0.29, 0.717) is 6.54 Å². The fourth-order valence-corrected chi connectivity index (χ4v) is 4.72. The summed E-state index contributed by atoms with van der Waals surface area (Å²) >= 11 is 0. The number of hydrogen-bond acceptors (Lipinski definition) is 4. The lowest BCUT2D eigenvalue weighted by atomic mass is 9.95. The van der Waals surface area contributed by atoms with E-state index in [1.54, 1.807) is 0 Å². The van der Waals surface area contributed by atoms with Gasteiger partial charge in [-0.2, -0.15) is 0 Å². The molecule has 0 radical (unpaired) electrons. The molecule has 1 saturated heterocycles. The normalized spacial score (nSPS) is 16.5. The van der Waals surface area contributed by atoms with Crippen LogP contribution in [0.5, 0.6) is 11.5 Å². The van der Waals surface area contributed by atoms with Crippen molar-refractivity contribution in [3.8, 4) is 11.5 Å². The first-order valence-corrected chi connectivity index (χ1v) is 11.8. The molecule has 3 aromatic carbocycles. The summed E-state index contributed by atoms with van der Waals surface area (Å²) in [6.45, 7) is 5.13. The minimum absolute atomic E-state index is 0.0889. The molecule has 0 aliphatic carbocycles. The largest absolute Gasteiger partial charge is 0.454 e. The molecule has 33 heavy (non-hydrogen) atoms. The lowest BCUT2D eigenvalue weighted by molar-refractivity contribution is -0.132. The summed E-state index contributed by atoms with van der Waals surface area (Å²) in [7, 11) is 0. The van der Waals surface area contributed by atoms with Gasteiger partial charge in [0.2, 0.25) is 5.91 Å². The highest BCUT2D eigenvalue weighted by Crippen LogP contribution is 2.38. The van der Waals surface area contributed by atoms with Gasteiger partial charge in [-0.05, 0) is 42.7 Å². The fraction of sp³-hybridized carbons (Fsp3) is 0.286. The first-order valence-electron chi connectivity index (χ1n) is 11.8. The molecule has 168 valence electrons. The number of hydrogen-bond donors (Lipinski definition) is 0. The molecule has 2 aliphatic heterocycles. The van der Waals surface area contributed by atoms with Gasteiger partial charge in [0.25, 0.3) is 0 Å². The van der Waals surface area contributed by atoms with E-state index in [4.69, 9.17) is 9.73 Å². The van der Waals surface area contributed by atoms with Crippen LogP contribution in [-0.2, 0) is 4.79 Å². The zero-order valence-electron chi connectivity index (χ0n) is 19.0. The average Bonchev–Trinajstić information content (AvgIpc) is 3.20. The van der Waals surface area contributed by atoms with E-state index in [1.807, 2.05) is 65.6 Å². The number of nitrogens with zero attached hydrogens (tertiary/aromatic N) is 3. The number of amidine groups is 1. The van der Waals surface area contributed by atoms with E-state index < -0.39 is 0 Å². The number of fused-ring (bicyclic) bond motifs is 2. The summed E-state index contributed by atoms with van der Waals surface area (Å²) < 4.78 is 6.20. The lowest BCUT2D eigenvalue weighted by Crippen LogP contribution is -2.39. The van der Waals surface area contributed by atoms with Crippen LogP contribution in [0.15, 0.2) is 83.9 Å². The molecule has 1 atom stereocenters. The molecular weight excluding hydrogens is 410 g/mol. The maximum absolute atomic E-state index is 13.4. The van der Waals surface area contributed by atoms with Crippen molar-refractivity contribution in [3.63, 3.8) is 0 Å². The molecule has 1 fully saturated rings. The third kappa shape index (κ3) is 4.36. The SMILES string of the molecule is CCC(C(=O)N1CCCN(C2=Nc3ccccc3Oc3ccccc32)CC1)c1ccccc1. The Hall–Kier alpha value is -3.60. The molecule has 0 spiro atoms. The highest BCUT2D eigenvalue weighted by molar-refractivity contribution is 6.03. The Morgan fingerprint density at radius 3 is 2.42 bits per heavy atom. The number of carbonyl (C=O) groups excluding carboxylic acids is 1. The van der Waals surface area contributed by atoms with E-state index in [2.05, 4.69) is 30.0 Å². The van der Waals surface area contributed by atoms with Gasteiger partial charge in [-0.1, -0.05) is 61.5 Å². The highest BCUT2D eigenvalue weighted by atomic mass is 16.5. The van der Waals surface area contributed by atoms with Crippen molar-refractivity contribution in [2.75, 3.05) is 26.2 Å². The Morgan fingerprint density at radius 2 is 1.61 bits per heavy atom. The molecular formula is C28H29N3O2. The van der Waals surface area contributed by atoms with Crippen LogP contribution in [0, 0.1) is 0 Å². The summed E-state index contributed by atoms with van der Waals surface area (Å²) in [5.41, 5.74) is 2.92. The molecule has 0 aromatic heterocycles. The van der Waals surface area contributed by atoms with Crippen molar-refractivity contribution >= 4 is 17.4 Å². The maximum Gasteiger partial charge on any atom is 0.230 e. The lowest BCUT2D eigenvalue weighted by Gasteiger charge is -2.27. The Kier molecular flexibility index (Phi) is 6.11. The van der Waals surface area contributed by atoms with E-state index in [1.165, 1.54) is 0 Å².